The first-order chi connectivity index (χ1) is 19.9. The minimum absolute atomic E-state index is 0.0186. The van der Waals surface area contributed by atoms with Gasteiger partial charge in [-0.1, -0.05) is 68.3 Å². The topological polar surface area (TPSA) is 108 Å². The van der Waals surface area contributed by atoms with Crippen molar-refractivity contribution in [3.63, 3.8) is 0 Å². The maximum absolute atomic E-state index is 14.1. The third-order valence-electron chi connectivity index (χ3n) is 8.34. The van der Waals surface area contributed by atoms with Gasteiger partial charge in [-0.15, -0.1) is 10.2 Å². The number of nitrogens with zero attached hydrogens (tertiary/aromatic N) is 5. The smallest absolute Gasteiger partial charge is 0.313 e. The Morgan fingerprint density at radius 1 is 1.07 bits per heavy atom. The largest absolute Gasteiger partial charge is 0.466 e. The maximum atomic E-state index is 14.1. The molecule has 0 radical (unpaired) electrons. The van der Waals surface area contributed by atoms with Gasteiger partial charge in [0.15, 0.2) is 0 Å². The predicted octanol–water partition coefficient (Wildman–Crippen LogP) is 5.74. The van der Waals surface area contributed by atoms with Crippen molar-refractivity contribution in [2.45, 2.75) is 85.2 Å². The van der Waals surface area contributed by atoms with Crippen LogP contribution in [0.2, 0.25) is 0 Å². The molecular weight excluding hydrogens is 516 g/mol. The fourth-order valence-corrected chi connectivity index (χ4v) is 6.10. The van der Waals surface area contributed by atoms with E-state index in [1.807, 2.05) is 49.7 Å². The van der Waals surface area contributed by atoms with Crippen LogP contribution in [0.15, 0.2) is 53.3 Å². The number of unbranched alkanes of at least 4 members (excludes halogenated alkanes) is 2. The molecular formula is C32H40N6O3. The van der Waals surface area contributed by atoms with E-state index in [4.69, 9.17) is 4.74 Å². The number of carbonyl (C=O) groups excluding carboxylic acids is 1. The van der Waals surface area contributed by atoms with Gasteiger partial charge in [-0.3, -0.25) is 14.3 Å². The van der Waals surface area contributed by atoms with Gasteiger partial charge >= 0.3 is 5.97 Å². The third-order valence-corrected chi connectivity index (χ3v) is 8.34. The van der Waals surface area contributed by atoms with Gasteiger partial charge in [0, 0.05) is 29.8 Å². The highest BCUT2D eigenvalue weighted by atomic mass is 16.5. The Labute approximate surface area is 240 Å². The summed E-state index contributed by atoms with van der Waals surface area (Å²) in [4.78, 5) is 27.1. The Morgan fingerprint density at radius 2 is 1.83 bits per heavy atom. The third kappa shape index (κ3) is 5.62. The first-order valence-corrected chi connectivity index (χ1v) is 14.8. The summed E-state index contributed by atoms with van der Waals surface area (Å²) in [6.07, 6.45) is 6.37. The first-order valence-electron chi connectivity index (χ1n) is 14.8. The van der Waals surface area contributed by atoms with E-state index in [1.165, 1.54) is 0 Å². The number of aromatic nitrogens is 6. The van der Waals surface area contributed by atoms with Crippen molar-refractivity contribution in [2.75, 3.05) is 6.61 Å². The van der Waals surface area contributed by atoms with Crippen molar-refractivity contribution in [3.8, 4) is 22.5 Å². The van der Waals surface area contributed by atoms with Gasteiger partial charge in [0.1, 0.15) is 0 Å². The number of rotatable bonds is 11. The molecule has 216 valence electrons. The molecule has 0 fully saturated rings. The van der Waals surface area contributed by atoms with Gasteiger partial charge in [0.2, 0.25) is 5.82 Å². The molecule has 1 aliphatic rings. The van der Waals surface area contributed by atoms with E-state index in [2.05, 4.69) is 56.5 Å². The lowest BCUT2D eigenvalue weighted by Crippen LogP contribution is -2.44. The molecule has 9 heteroatoms. The molecule has 0 amide bonds. The van der Waals surface area contributed by atoms with Crippen LogP contribution in [-0.2, 0) is 28.9 Å². The highest BCUT2D eigenvalue weighted by Gasteiger charge is 2.43. The number of tetrazole rings is 1. The van der Waals surface area contributed by atoms with E-state index in [9.17, 15) is 9.59 Å². The van der Waals surface area contributed by atoms with Crippen LogP contribution >= 0.6 is 0 Å². The predicted molar refractivity (Wildman–Crippen MR) is 158 cm³/mol. The molecule has 5 rings (SSSR count). The number of H-pyrrole nitrogens is 1. The number of esters is 1. The molecule has 0 spiro atoms. The SMILES string of the molecule is CCCCCc1c(Cc2ccc(-c3ccccc3-c3nn[nH]n3)cc2)c(=O)n2n1CCCC2C(C)(C)C(=O)OCC. The molecule has 2 aromatic heterocycles. The quantitative estimate of drug-likeness (QED) is 0.186. The summed E-state index contributed by atoms with van der Waals surface area (Å²) in [5, 5.41) is 14.5. The van der Waals surface area contributed by atoms with Crippen LogP contribution in [0.4, 0.5) is 0 Å². The Balaban J connectivity index is 1.50. The van der Waals surface area contributed by atoms with Crippen LogP contribution in [0.3, 0.4) is 0 Å². The Morgan fingerprint density at radius 3 is 2.51 bits per heavy atom. The summed E-state index contributed by atoms with van der Waals surface area (Å²) in [7, 11) is 0. The van der Waals surface area contributed by atoms with Crippen LogP contribution in [0, 0.1) is 5.41 Å². The van der Waals surface area contributed by atoms with E-state index in [0.29, 0.717) is 18.9 Å². The number of hydrogen-bond donors (Lipinski definition) is 1. The van der Waals surface area contributed by atoms with Crippen molar-refractivity contribution in [1.29, 1.82) is 0 Å². The van der Waals surface area contributed by atoms with E-state index >= 15 is 0 Å². The molecule has 1 aliphatic heterocycles. The van der Waals surface area contributed by atoms with Crippen LogP contribution < -0.4 is 5.56 Å². The van der Waals surface area contributed by atoms with Crippen molar-refractivity contribution in [1.82, 2.24) is 30.0 Å². The molecule has 0 aliphatic carbocycles. The van der Waals surface area contributed by atoms with Crippen LogP contribution in [-0.4, -0.2) is 42.6 Å². The molecule has 3 heterocycles. The van der Waals surface area contributed by atoms with Crippen LogP contribution in [0.25, 0.3) is 22.5 Å². The minimum Gasteiger partial charge on any atom is -0.466 e. The molecule has 9 nitrogen and oxygen atoms in total. The van der Waals surface area contributed by atoms with Gasteiger partial charge in [-0.25, -0.2) is 4.68 Å². The molecule has 4 aromatic rings. The normalized spacial score (nSPS) is 15.1. The summed E-state index contributed by atoms with van der Waals surface area (Å²) in [5.41, 5.74) is 5.20. The summed E-state index contributed by atoms with van der Waals surface area (Å²) in [6.45, 7) is 8.95. The lowest BCUT2D eigenvalue weighted by Gasteiger charge is -2.37. The number of fused-ring (bicyclic) bond motifs is 1. The molecule has 0 saturated heterocycles. The maximum Gasteiger partial charge on any atom is 0.313 e. The van der Waals surface area contributed by atoms with Gasteiger partial charge in [0.05, 0.1) is 18.1 Å². The molecule has 1 atom stereocenters. The lowest BCUT2D eigenvalue weighted by molar-refractivity contribution is -0.157. The average molecular weight is 557 g/mol. The number of ether oxygens (including phenoxy) is 1. The zero-order chi connectivity index (χ0) is 29.0. The standard InChI is InChI=1S/C32H40N6O3/c1-5-7-8-14-27-26(30(39)38-28(15-11-20-37(27)38)32(3,4)31(40)41-6-2)21-22-16-18-23(19-17-22)24-12-9-10-13-25(24)29-33-35-36-34-29/h9-10,12-13,16-19,28H,5-8,11,14-15,20-21H2,1-4H3,(H,33,34,35,36). The van der Waals surface area contributed by atoms with E-state index in [0.717, 1.165) is 78.6 Å². The zero-order valence-electron chi connectivity index (χ0n) is 24.5. The summed E-state index contributed by atoms with van der Waals surface area (Å²) < 4.78 is 9.49. The lowest BCUT2D eigenvalue weighted by atomic mass is 9.81. The highest BCUT2D eigenvalue weighted by molar-refractivity contribution is 5.80. The molecule has 0 saturated carbocycles. The van der Waals surface area contributed by atoms with E-state index < -0.39 is 5.41 Å². The minimum atomic E-state index is -0.804. The van der Waals surface area contributed by atoms with E-state index in [1.54, 1.807) is 0 Å². The van der Waals surface area contributed by atoms with Gasteiger partial charge in [0.25, 0.3) is 5.56 Å². The number of nitrogens with one attached hydrogen (secondary N) is 1. The van der Waals surface area contributed by atoms with Gasteiger partial charge < -0.3 is 4.74 Å². The molecule has 1 N–H and O–H groups in total. The van der Waals surface area contributed by atoms with Crippen molar-refractivity contribution in [3.05, 3.63) is 75.7 Å². The van der Waals surface area contributed by atoms with Gasteiger partial charge in [-0.05, 0) is 68.4 Å². The van der Waals surface area contributed by atoms with Crippen molar-refractivity contribution in [2.24, 2.45) is 5.41 Å². The fraction of sp³-hybridized carbons (Fsp3) is 0.469. The number of benzene rings is 2. The number of aromatic amines is 1. The molecule has 1 unspecified atom stereocenters. The Hall–Kier alpha value is -4.01. The molecule has 2 aromatic carbocycles. The zero-order valence-corrected chi connectivity index (χ0v) is 24.5. The Kier molecular flexibility index (Phi) is 8.52. The van der Waals surface area contributed by atoms with Crippen molar-refractivity contribution < 1.29 is 9.53 Å². The van der Waals surface area contributed by atoms with E-state index in [-0.39, 0.29) is 17.6 Å². The van der Waals surface area contributed by atoms with Crippen LogP contribution in [0.5, 0.6) is 0 Å². The highest BCUT2D eigenvalue weighted by Crippen LogP contribution is 2.39. The monoisotopic (exact) mass is 556 g/mol. The second-order valence-corrected chi connectivity index (χ2v) is 11.4. The van der Waals surface area contributed by atoms with Crippen molar-refractivity contribution >= 4 is 5.97 Å². The summed E-state index contributed by atoms with van der Waals surface area (Å²) >= 11 is 0. The fourth-order valence-electron chi connectivity index (χ4n) is 6.10. The average Bonchev–Trinajstić information content (AvgIpc) is 3.61. The molecule has 0 bridgehead atoms. The summed E-state index contributed by atoms with van der Waals surface area (Å²) in [6, 6.07) is 16.1. The number of hydrogen-bond acceptors (Lipinski definition) is 6. The number of carbonyl (C=O) groups is 1. The Bertz CT molecular complexity index is 1530. The first kappa shape index (κ1) is 28.5. The summed E-state index contributed by atoms with van der Waals surface area (Å²) in [5.74, 6) is 0.298. The second kappa shape index (κ2) is 12.2. The molecule has 41 heavy (non-hydrogen) atoms. The van der Waals surface area contributed by atoms with Gasteiger partial charge in [-0.2, -0.15) is 5.21 Å². The van der Waals surface area contributed by atoms with Crippen LogP contribution in [0.1, 0.15) is 82.7 Å². The second-order valence-electron chi connectivity index (χ2n) is 11.4.